The fourth-order valence-electron chi connectivity index (χ4n) is 2.86. The Morgan fingerprint density at radius 1 is 1.27 bits per heavy atom. The van der Waals surface area contributed by atoms with Crippen LogP contribution in [-0.2, 0) is 9.84 Å². The summed E-state index contributed by atoms with van der Waals surface area (Å²) in [6.45, 7) is 1.76. The van der Waals surface area contributed by atoms with E-state index in [9.17, 15) is 13.2 Å². The fourth-order valence-corrected chi connectivity index (χ4v) is 5.50. The minimum Gasteiger partial charge on any atom is -0.493 e. The summed E-state index contributed by atoms with van der Waals surface area (Å²) in [4.78, 5) is 17.5. The second-order valence-corrected chi connectivity index (χ2v) is 9.30. The molecule has 0 aliphatic carbocycles. The van der Waals surface area contributed by atoms with Crippen molar-refractivity contribution in [1.29, 1.82) is 0 Å². The largest absolute Gasteiger partial charge is 0.493 e. The van der Waals surface area contributed by atoms with Crippen molar-refractivity contribution in [2.24, 2.45) is 0 Å². The molecule has 3 rings (SSSR count). The molecule has 1 aliphatic heterocycles. The van der Waals surface area contributed by atoms with Crippen LogP contribution in [0.25, 0.3) is 10.6 Å². The van der Waals surface area contributed by atoms with E-state index >= 15 is 0 Å². The molecule has 0 spiro atoms. The number of carbonyl (C=O) groups excluding carboxylic acids is 1. The van der Waals surface area contributed by atoms with Crippen LogP contribution < -0.4 is 14.8 Å². The maximum absolute atomic E-state index is 12.5. The van der Waals surface area contributed by atoms with E-state index in [1.165, 1.54) is 11.3 Å². The van der Waals surface area contributed by atoms with Gasteiger partial charge in [-0.05, 0) is 31.5 Å². The normalized spacial score (nSPS) is 18.5. The first-order valence-electron chi connectivity index (χ1n) is 8.04. The van der Waals surface area contributed by atoms with Crippen LogP contribution in [0.5, 0.6) is 11.5 Å². The van der Waals surface area contributed by atoms with Gasteiger partial charge in [-0.3, -0.25) is 4.79 Å². The van der Waals surface area contributed by atoms with Crippen molar-refractivity contribution in [1.82, 2.24) is 10.3 Å². The highest BCUT2D eigenvalue weighted by Crippen LogP contribution is 2.35. The number of benzene rings is 1. The molecule has 2 aromatic rings. The van der Waals surface area contributed by atoms with E-state index < -0.39 is 9.84 Å². The first-order valence-corrected chi connectivity index (χ1v) is 10.7. The third-order valence-corrected chi connectivity index (χ3v) is 7.17. The van der Waals surface area contributed by atoms with E-state index in [-0.39, 0.29) is 23.5 Å². The standard InChI is InChI=1S/C17H20N2O5S2/c1-10-15(16(20)19-12-6-7-26(21,22)9-12)25-17(18-10)11-4-5-13(23-2)14(8-11)24-3/h4-5,8,12H,6-7,9H2,1-3H3,(H,19,20). The van der Waals surface area contributed by atoms with E-state index in [1.807, 2.05) is 12.1 Å². The average Bonchev–Trinajstić information content (AvgIpc) is 3.16. The van der Waals surface area contributed by atoms with Crippen LogP contribution >= 0.6 is 11.3 Å². The van der Waals surface area contributed by atoms with Crippen LogP contribution in [0, 0.1) is 6.92 Å². The Balaban J connectivity index is 1.82. The fraction of sp³-hybridized carbons (Fsp3) is 0.412. The van der Waals surface area contributed by atoms with Crippen molar-refractivity contribution in [2.45, 2.75) is 19.4 Å². The van der Waals surface area contributed by atoms with Gasteiger partial charge >= 0.3 is 0 Å². The molecule has 0 radical (unpaired) electrons. The quantitative estimate of drug-likeness (QED) is 0.831. The predicted octanol–water partition coefficient (Wildman–Crippen LogP) is 2.05. The monoisotopic (exact) mass is 396 g/mol. The minimum absolute atomic E-state index is 0.000866. The van der Waals surface area contributed by atoms with Gasteiger partial charge in [0.05, 0.1) is 31.4 Å². The molecule has 2 heterocycles. The number of nitrogens with one attached hydrogen (secondary N) is 1. The Bertz CT molecular complexity index is 937. The van der Waals surface area contributed by atoms with E-state index in [4.69, 9.17) is 9.47 Å². The number of nitrogens with zero attached hydrogens (tertiary/aromatic N) is 1. The van der Waals surface area contributed by atoms with Gasteiger partial charge < -0.3 is 14.8 Å². The highest BCUT2D eigenvalue weighted by atomic mass is 32.2. The molecule has 9 heteroatoms. The first kappa shape index (κ1) is 18.7. The molecule has 1 aromatic heterocycles. The minimum atomic E-state index is -3.04. The number of amides is 1. The van der Waals surface area contributed by atoms with Gasteiger partial charge in [-0.25, -0.2) is 13.4 Å². The van der Waals surface area contributed by atoms with Gasteiger partial charge in [-0.1, -0.05) is 0 Å². The molecule has 140 valence electrons. The van der Waals surface area contributed by atoms with Crippen molar-refractivity contribution in [3.8, 4) is 22.1 Å². The van der Waals surface area contributed by atoms with E-state index in [0.29, 0.717) is 33.5 Å². The van der Waals surface area contributed by atoms with Crippen LogP contribution in [0.3, 0.4) is 0 Å². The lowest BCUT2D eigenvalue weighted by atomic mass is 10.2. The SMILES string of the molecule is COc1ccc(-c2nc(C)c(C(=O)NC3CCS(=O)(=O)C3)s2)cc1OC. The summed E-state index contributed by atoms with van der Waals surface area (Å²) in [6, 6.07) is 5.11. The average molecular weight is 396 g/mol. The zero-order valence-electron chi connectivity index (χ0n) is 14.7. The second kappa shape index (κ2) is 7.24. The highest BCUT2D eigenvalue weighted by molar-refractivity contribution is 7.91. The molecule has 1 saturated heterocycles. The molecule has 1 N–H and O–H groups in total. The zero-order chi connectivity index (χ0) is 18.9. The van der Waals surface area contributed by atoms with Gasteiger partial charge in [0.2, 0.25) is 0 Å². The summed E-state index contributed by atoms with van der Waals surface area (Å²) in [7, 11) is 0.0868. The molecule has 1 atom stereocenters. The summed E-state index contributed by atoms with van der Waals surface area (Å²) >= 11 is 1.27. The van der Waals surface area contributed by atoms with Crippen molar-refractivity contribution in [3.63, 3.8) is 0 Å². The first-order chi connectivity index (χ1) is 12.3. The molecule has 1 unspecified atom stereocenters. The van der Waals surface area contributed by atoms with Crippen LogP contribution in [0.2, 0.25) is 0 Å². The van der Waals surface area contributed by atoms with Crippen LogP contribution in [0.1, 0.15) is 21.8 Å². The molecular formula is C17H20N2O5S2. The second-order valence-electron chi connectivity index (χ2n) is 6.08. The molecule has 26 heavy (non-hydrogen) atoms. The molecule has 1 amide bonds. The number of thiazole rings is 1. The van der Waals surface area contributed by atoms with Crippen LogP contribution in [-0.4, -0.2) is 51.1 Å². The number of hydrogen-bond acceptors (Lipinski definition) is 7. The number of carbonyl (C=O) groups is 1. The summed E-state index contributed by atoms with van der Waals surface area (Å²) in [5.74, 6) is 1.04. The number of aromatic nitrogens is 1. The molecule has 1 aliphatic rings. The maximum Gasteiger partial charge on any atom is 0.263 e. The lowest BCUT2D eigenvalue weighted by Crippen LogP contribution is -2.35. The Morgan fingerprint density at radius 3 is 2.62 bits per heavy atom. The highest BCUT2D eigenvalue weighted by Gasteiger charge is 2.30. The number of aryl methyl sites for hydroxylation is 1. The molecule has 7 nitrogen and oxygen atoms in total. The maximum atomic E-state index is 12.5. The van der Waals surface area contributed by atoms with Gasteiger partial charge in [0.25, 0.3) is 5.91 Å². The van der Waals surface area contributed by atoms with E-state index in [0.717, 1.165) is 5.56 Å². The number of sulfone groups is 1. The van der Waals surface area contributed by atoms with E-state index in [2.05, 4.69) is 10.3 Å². The van der Waals surface area contributed by atoms with Crippen molar-refractivity contribution >= 4 is 27.1 Å². The van der Waals surface area contributed by atoms with Gasteiger partial charge in [0.15, 0.2) is 21.3 Å². The number of rotatable bonds is 5. The molecule has 1 aromatic carbocycles. The van der Waals surface area contributed by atoms with Crippen molar-refractivity contribution in [3.05, 3.63) is 28.8 Å². The predicted molar refractivity (Wildman–Crippen MR) is 99.9 cm³/mol. The Hall–Kier alpha value is -2.13. The molecule has 0 saturated carbocycles. The van der Waals surface area contributed by atoms with Crippen LogP contribution in [0.15, 0.2) is 18.2 Å². The topological polar surface area (TPSA) is 94.6 Å². The summed E-state index contributed by atoms with van der Waals surface area (Å²) < 4.78 is 33.6. The zero-order valence-corrected chi connectivity index (χ0v) is 16.4. The number of hydrogen-bond donors (Lipinski definition) is 1. The summed E-state index contributed by atoms with van der Waals surface area (Å²) in [6.07, 6.45) is 0.453. The molecular weight excluding hydrogens is 376 g/mol. The molecule has 0 bridgehead atoms. The smallest absolute Gasteiger partial charge is 0.263 e. The Labute approximate surface area is 156 Å². The van der Waals surface area contributed by atoms with Gasteiger partial charge in [0.1, 0.15) is 9.88 Å². The van der Waals surface area contributed by atoms with Gasteiger partial charge in [-0.2, -0.15) is 0 Å². The summed E-state index contributed by atoms with van der Waals surface area (Å²) in [5, 5.41) is 3.49. The van der Waals surface area contributed by atoms with E-state index in [1.54, 1.807) is 27.2 Å². The lowest BCUT2D eigenvalue weighted by molar-refractivity contribution is 0.0944. The third kappa shape index (κ3) is 3.83. The van der Waals surface area contributed by atoms with Crippen molar-refractivity contribution in [2.75, 3.05) is 25.7 Å². The number of methoxy groups -OCH3 is 2. The lowest BCUT2D eigenvalue weighted by Gasteiger charge is -2.09. The third-order valence-electron chi connectivity index (χ3n) is 4.20. The summed E-state index contributed by atoms with van der Waals surface area (Å²) in [5.41, 5.74) is 1.43. The molecule has 1 fully saturated rings. The Kier molecular flexibility index (Phi) is 5.19. The van der Waals surface area contributed by atoms with Crippen molar-refractivity contribution < 1.29 is 22.7 Å². The van der Waals surface area contributed by atoms with Gasteiger partial charge in [-0.15, -0.1) is 11.3 Å². The Morgan fingerprint density at radius 2 is 2.00 bits per heavy atom. The van der Waals surface area contributed by atoms with Crippen LogP contribution in [0.4, 0.5) is 0 Å². The van der Waals surface area contributed by atoms with Gasteiger partial charge in [0, 0.05) is 11.6 Å². The number of ether oxygens (including phenoxy) is 2.